The fourth-order valence-electron chi connectivity index (χ4n) is 3.00. The number of nitrogens with zero attached hydrogens (tertiary/aromatic N) is 1. The number of ether oxygens (including phenoxy) is 1. The summed E-state index contributed by atoms with van der Waals surface area (Å²) in [4.78, 5) is 0. The molecule has 1 aliphatic heterocycles. The molecule has 0 spiro atoms. The summed E-state index contributed by atoms with van der Waals surface area (Å²) < 4.78 is 45.5. The Balaban J connectivity index is 1.52. The fraction of sp³-hybridized carbons (Fsp3) is 0.368. The van der Waals surface area contributed by atoms with Crippen LogP contribution in [0.15, 0.2) is 48.5 Å². The van der Waals surface area contributed by atoms with Crippen LogP contribution in [0.3, 0.4) is 0 Å². The Hall–Kier alpha value is -1.63. The summed E-state index contributed by atoms with van der Waals surface area (Å²) >= 11 is 5.98. The number of hydrogen-bond acceptors (Lipinski definition) is 3. The Morgan fingerprint density at radius 3 is 2.46 bits per heavy atom. The van der Waals surface area contributed by atoms with Gasteiger partial charge in [0, 0.05) is 13.1 Å². The van der Waals surface area contributed by atoms with Gasteiger partial charge in [-0.15, -0.1) is 0 Å². The van der Waals surface area contributed by atoms with Crippen LogP contribution in [0.5, 0.6) is 5.75 Å². The van der Waals surface area contributed by atoms with E-state index >= 15 is 0 Å². The number of benzene rings is 2. The van der Waals surface area contributed by atoms with Gasteiger partial charge in [-0.2, -0.15) is 0 Å². The van der Waals surface area contributed by atoms with E-state index in [-0.39, 0.29) is 16.9 Å². The van der Waals surface area contributed by atoms with Crippen molar-refractivity contribution in [2.45, 2.75) is 25.4 Å². The molecule has 1 saturated heterocycles. The summed E-state index contributed by atoms with van der Waals surface area (Å²) in [7, 11) is -3.29. The van der Waals surface area contributed by atoms with Crippen molar-refractivity contribution >= 4 is 21.6 Å². The molecule has 0 N–H and O–H groups in total. The molecule has 0 aromatic heterocycles. The van der Waals surface area contributed by atoms with Crippen LogP contribution < -0.4 is 4.74 Å². The molecule has 0 aliphatic carbocycles. The average molecular weight is 398 g/mol. The highest BCUT2D eigenvalue weighted by atomic mass is 35.5. The minimum atomic E-state index is -3.29. The molecule has 140 valence electrons. The number of halogens is 2. The van der Waals surface area contributed by atoms with E-state index in [0.29, 0.717) is 38.1 Å². The van der Waals surface area contributed by atoms with E-state index in [9.17, 15) is 12.8 Å². The van der Waals surface area contributed by atoms with Crippen LogP contribution in [0, 0.1) is 5.82 Å². The Morgan fingerprint density at radius 2 is 1.81 bits per heavy atom. The molecule has 0 unspecified atom stereocenters. The first-order valence-corrected chi connectivity index (χ1v) is 10.6. The molecule has 2 aromatic rings. The second-order valence-corrected chi connectivity index (χ2v) is 8.84. The summed E-state index contributed by atoms with van der Waals surface area (Å²) in [5, 5.41) is 0.225. The van der Waals surface area contributed by atoms with Crippen molar-refractivity contribution < 1.29 is 17.5 Å². The standard InChI is InChI=1S/C19H21ClFNO3S/c20-18-14-16(21)6-7-19(18)25-17-8-11-22(12-9-17)26(23,24)13-10-15-4-2-1-3-5-15/h1-7,14,17H,8-13H2. The van der Waals surface area contributed by atoms with Crippen LogP contribution in [0.25, 0.3) is 0 Å². The first-order chi connectivity index (χ1) is 12.4. The lowest BCUT2D eigenvalue weighted by Crippen LogP contribution is -2.43. The van der Waals surface area contributed by atoms with Crippen LogP contribution in [0.1, 0.15) is 18.4 Å². The highest BCUT2D eigenvalue weighted by Gasteiger charge is 2.28. The van der Waals surface area contributed by atoms with Crippen molar-refractivity contribution in [1.82, 2.24) is 4.31 Å². The molecule has 0 amide bonds. The third kappa shape index (κ3) is 4.96. The van der Waals surface area contributed by atoms with E-state index in [4.69, 9.17) is 16.3 Å². The maximum Gasteiger partial charge on any atom is 0.214 e. The van der Waals surface area contributed by atoms with Gasteiger partial charge in [0.15, 0.2) is 0 Å². The van der Waals surface area contributed by atoms with Crippen LogP contribution >= 0.6 is 11.6 Å². The number of aryl methyl sites for hydroxylation is 1. The highest BCUT2D eigenvalue weighted by molar-refractivity contribution is 7.89. The van der Waals surface area contributed by atoms with Crippen molar-refractivity contribution in [3.8, 4) is 5.75 Å². The largest absolute Gasteiger partial charge is 0.489 e. The molecular formula is C19H21ClFNO3S. The van der Waals surface area contributed by atoms with Gasteiger partial charge in [-0.05, 0) is 43.0 Å². The smallest absolute Gasteiger partial charge is 0.214 e. The molecule has 0 bridgehead atoms. The molecule has 2 aromatic carbocycles. The van der Waals surface area contributed by atoms with Gasteiger partial charge < -0.3 is 4.74 Å². The van der Waals surface area contributed by atoms with E-state index in [1.54, 1.807) is 0 Å². The highest BCUT2D eigenvalue weighted by Crippen LogP contribution is 2.28. The van der Waals surface area contributed by atoms with Gasteiger partial charge >= 0.3 is 0 Å². The maximum atomic E-state index is 13.1. The lowest BCUT2D eigenvalue weighted by Gasteiger charge is -2.31. The summed E-state index contributed by atoms with van der Waals surface area (Å²) in [5.41, 5.74) is 1.01. The number of hydrogen-bond donors (Lipinski definition) is 0. The number of sulfonamides is 1. The zero-order valence-electron chi connectivity index (χ0n) is 14.3. The van der Waals surface area contributed by atoms with Gasteiger partial charge in [0.05, 0.1) is 10.8 Å². The zero-order chi connectivity index (χ0) is 18.6. The minimum absolute atomic E-state index is 0.103. The van der Waals surface area contributed by atoms with Gasteiger partial charge in [-0.3, -0.25) is 0 Å². The molecule has 0 atom stereocenters. The lowest BCUT2D eigenvalue weighted by molar-refractivity contribution is 0.135. The molecule has 26 heavy (non-hydrogen) atoms. The Kier molecular flexibility index (Phi) is 6.16. The van der Waals surface area contributed by atoms with Gasteiger partial charge in [0.1, 0.15) is 17.7 Å². The first-order valence-electron chi connectivity index (χ1n) is 8.57. The van der Waals surface area contributed by atoms with E-state index in [2.05, 4.69) is 0 Å². The van der Waals surface area contributed by atoms with Crippen molar-refractivity contribution in [2.24, 2.45) is 0 Å². The number of piperidine rings is 1. The predicted octanol–water partition coefficient (Wildman–Crippen LogP) is 3.89. The molecule has 0 radical (unpaired) electrons. The summed E-state index contributed by atoms with van der Waals surface area (Å²) in [6.07, 6.45) is 1.54. The maximum absolute atomic E-state index is 13.1. The quantitative estimate of drug-likeness (QED) is 0.742. The van der Waals surface area contributed by atoms with Crippen LogP contribution in [-0.4, -0.2) is 37.7 Å². The van der Waals surface area contributed by atoms with E-state index < -0.39 is 15.8 Å². The van der Waals surface area contributed by atoms with E-state index in [0.717, 1.165) is 5.56 Å². The Labute approximate surface area is 158 Å². The summed E-state index contributed by atoms with van der Waals surface area (Å²) in [5.74, 6) is 0.118. The topological polar surface area (TPSA) is 46.6 Å². The summed E-state index contributed by atoms with van der Waals surface area (Å²) in [6, 6.07) is 13.6. The number of rotatable bonds is 6. The fourth-order valence-corrected chi connectivity index (χ4v) is 4.73. The molecule has 1 aliphatic rings. The van der Waals surface area contributed by atoms with E-state index in [1.165, 1.54) is 22.5 Å². The van der Waals surface area contributed by atoms with Crippen molar-refractivity contribution in [3.63, 3.8) is 0 Å². The third-order valence-electron chi connectivity index (χ3n) is 4.47. The lowest BCUT2D eigenvalue weighted by atomic mass is 10.1. The normalized spacial score (nSPS) is 16.5. The molecule has 7 heteroatoms. The van der Waals surface area contributed by atoms with Crippen LogP contribution in [0.4, 0.5) is 4.39 Å². The molecule has 4 nitrogen and oxygen atoms in total. The van der Waals surface area contributed by atoms with E-state index in [1.807, 2.05) is 30.3 Å². The Morgan fingerprint density at radius 1 is 1.12 bits per heavy atom. The van der Waals surface area contributed by atoms with Gasteiger partial charge in [0.25, 0.3) is 0 Å². The molecule has 0 saturated carbocycles. The van der Waals surface area contributed by atoms with Crippen molar-refractivity contribution in [1.29, 1.82) is 0 Å². The predicted molar refractivity (Wildman–Crippen MR) is 101 cm³/mol. The van der Waals surface area contributed by atoms with Crippen LogP contribution in [-0.2, 0) is 16.4 Å². The third-order valence-corrected chi connectivity index (χ3v) is 6.64. The Bertz CT molecular complexity index is 837. The monoisotopic (exact) mass is 397 g/mol. The van der Waals surface area contributed by atoms with Gasteiger partial charge in [0.2, 0.25) is 10.0 Å². The van der Waals surface area contributed by atoms with Crippen molar-refractivity contribution in [3.05, 3.63) is 64.9 Å². The summed E-state index contributed by atoms with van der Waals surface area (Å²) in [6.45, 7) is 0.835. The van der Waals surface area contributed by atoms with Crippen LogP contribution in [0.2, 0.25) is 5.02 Å². The SMILES string of the molecule is O=S(=O)(CCc1ccccc1)N1CCC(Oc2ccc(F)cc2Cl)CC1. The average Bonchev–Trinajstić information content (AvgIpc) is 2.64. The van der Waals surface area contributed by atoms with Gasteiger partial charge in [-0.1, -0.05) is 41.9 Å². The zero-order valence-corrected chi connectivity index (χ0v) is 15.8. The van der Waals surface area contributed by atoms with Gasteiger partial charge in [-0.25, -0.2) is 17.1 Å². The second-order valence-electron chi connectivity index (χ2n) is 6.34. The second kappa shape index (κ2) is 8.37. The molecule has 1 fully saturated rings. The van der Waals surface area contributed by atoms with Crippen molar-refractivity contribution in [2.75, 3.05) is 18.8 Å². The molecular weight excluding hydrogens is 377 g/mol. The molecule has 1 heterocycles. The molecule has 3 rings (SSSR count). The minimum Gasteiger partial charge on any atom is -0.489 e. The first kappa shape index (κ1) is 19.1.